The number of amides is 2. The predicted octanol–water partition coefficient (Wildman–Crippen LogP) is 6.40. The molecule has 0 bridgehead atoms. The monoisotopic (exact) mass is 530 g/mol. The SMILES string of the molecule is CC(=O)c1ccc(NC(=O)COC(=O)CCCC(=O)Nc2ccc(Oc3cc(C)ccc3C(C)C)cc2)cc1. The summed E-state index contributed by atoms with van der Waals surface area (Å²) in [6.45, 7) is 7.27. The van der Waals surface area contributed by atoms with E-state index in [2.05, 4.69) is 36.6 Å². The van der Waals surface area contributed by atoms with E-state index in [0.717, 1.165) is 16.9 Å². The molecular formula is C31H34N2O6. The number of carbonyl (C=O) groups is 4. The molecule has 0 saturated heterocycles. The van der Waals surface area contributed by atoms with Crippen molar-refractivity contribution in [3.63, 3.8) is 0 Å². The zero-order chi connectivity index (χ0) is 28.4. The molecule has 0 atom stereocenters. The van der Waals surface area contributed by atoms with Crippen molar-refractivity contribution in [1.82, 2.24) is 0 Å². The number of hydrogen-bond acceptors (Lipinski definition) is 6. The number of nitrogens with one attached hydrogen (secondary N) is 2. The van der Waals surface area contributed by atoms with E-state index in [4.69, 9.17) is 9.47 Å². The topological polar surface area (TPSA) is 111 Å². The number of aryl methyl sites for hydroxylation is 1. The lowest BCUT2D eigenvalue weighted by Crippen LogP contribution is -2.21. The van der Waals surface area contributed by atoms with Crippen LogP contribution < -0.4 is 15.4 Å². The van der Waals surface area contributed by atoms with Crippen molar-refractivity contribution in [2.75, 3.05) is 17.2 Å². The molecule has 0 spiro atoms. The van der Waals surface area contributed by atoms with Crippen LogP contribution in [0.2, 0.25) is 0 Å². The van der Waals surface area contributed by atoms with E-state index in [1.54, 1.807) is 48.5 Å². The van der Waals surface area contributed by atoms with Gasteiger partial charge in [0.1, 0.15) is 11.5 Å². The van der Waals surface area contributed by atoms with Crippen molar-refractivity contribution in [3.05, 3.63) is 83.4 Å². The highest BCUT2D eigenvalue weighted by atomic mass is 16.5. The van der Waals surface area contributed by atoms with Gasteiger partial charge in [-0.2, -0.15) is 0 Å². The quantitative estimate of drug-likeness (QED) is 0.207. The van der Waals surface area contributed by atoms with Gasteiger partial charge >= 0.3 is 5.97 Å². The Hall–Kier alpha value is -4.46. The Morgan fingerprint density at radius 3 is 2.03 bits per heavy atom. The van der Waals surface area contributed by atoms with E-state index in [0.29, 0.717) is 28.6 Å². The van der Waals surface area contributed by atoms with Crippen LogP contribution in [0.1, 0.15) is 67.4 Å². The molecule has 0 unspecified atom stereocenters. The maximum absolute atomic E-state index is 12.3. The first-order chi connectivity index (χ1) is 18.6. The molecule has 8 heteroatoms. The number of anilines is 2. The number of rotatable bonds is 12. The van der Waals surface area contributed by atoms with Gasteiger partial charge in [0.15, 0.2) is 12.4 Å². The lowest BCUT2D eigenvalue weighted by Gasteiger charge is -2.15. The number of Topliss-reactive ketones (excluding diaryl/α,β-unsaturated/α-hetero) is 1. The van der Waals surface area contributed by atoms with Crippen LogP contribution in [0.5, 0.6) is 11.5 Å². The van der Waals surface area contributed by atoms with E-state index in [1.807, 2.05) is 13.0 Å². The van der Waals surface area contributed by atoms with Gasteiger partial charge in [0.25, 0.3) is 5.91 Å². The lowest BCUT2D eigenvalue weighted by atomic mass is 10.0. The standard InChI is InChI=1S/C31H34N2O6/c1-20(2)27-17-8-21(3)18-28(27)39-26-15-13-25(14-16-26)32-29(35)6-5-7-31(37)38-19-30(36)33-24-11-9-23(10-12-24)22(4)34/h8-18,20H,5-7,19H2,1-4H3,(H,32,35)(H,33,36). The smallest absolute Gasteiger partial charge is 0.306 e. The third kappa shape index (κ3) is 9.41. The molecular weight excluding hydrogens is 496 g/mol. The van der Waals surface area contributed by atoms with Crippen LogP contribution >= 0.6 is 0 Å². The summed E-state index contributed by atoms with van der Waals surface area (Å²) in [5, 5.41) is 5.39. The second kappa shape index (κ2) is 13.9. The number of hydrogen-bond donors (Lipinski definition) is 2. The van der Waals surface area contributed by atoms with Gasteiger partial charge in [-0.25, -0.2) is 0 Å². The largest absolute Gasteiger partial charge is 0.457 e. The Morgan fingerprint density at radius 2 is 1.41 bits per heavy atom. The van der Waals surface area contributed by atoms with E-state index < -0.39 is 18.5 Å². The van der Waals surface area contributed by atoms with Crippen LogP contribution in [0.15, 0.2) is 66.7 Å². The van der Waals surface area contributed by atoms with Crippen LogP contribution in [0.4, 0.5) is 11.4 Å². The molecule has 3 aromatic rings. The zero-order valence-electron chi connectivity index (χ0n) is 22.7. The molecule has 0 saturated carbocycles. The minimum absolute atomic E-state index is 0.00939. The molecule has 0 aliphatic heterocycles. The Morgan fingerprint density at radius 1 is 0.795 bits per heavy atom. The van der Waals surface area contributed by atoms with Gasteiger partial charge in [0, 0.05) is 29.8 Å². The third-order valence-electron chi connectivity index (χ3n) is 5.88. The van der Waals surface area contributed by atoms with Crippen LogP contribution in [0, 0.1) is 6.92 Å². The maximum Gasteiger partial charge on any atom is 0.306 e. The summed E-state index contributed by atoms with van der Waals surface area (Å²) in [5.74, 6) is 0.442. The molecule has 204 valence electrons. The van der Waals surface area contributed by atoms with Gasteiger partial charge in [-0.15, -0.1) is 0 Å². The molecule has 0 aliphatic carbocycles. The minimum atomic E-state index is -0.566. The van der Waals surface area contributed by atoms with Crippen molar-refractivity contribution in [1.29, 1.82) is 0 Å². The number of benzene rings is 3. The molecule has 0 aliphatic rings. The van der Waals surface area contributed by atoms with E-state index >= 15 is 0 Å². The average Bonchev–Trinajstić information content (AvgIpc) is 2.89. The second-order valence-electron chi connectivity index (χ2n) is 9.57. The Labute approximate surface area is 228 Å². The summed E-state index contributed by atoms with van der Waals surface area (Å²) in [6, 6.07) is 19.7. The molecule has 3 rings (SSSR count). The fourth-order valence-electron chi connectivity index (χ4n) is 3.76. The van der Waals surface area contributed by atoms with Crippen molar-refractivity contribution in [3.8, 4) is 11.5 Å². The molecule has 0 heterocycles. The van der Waals surface area contributed by atoms with Gasteiger partial charge in [-0.05, 0) is 91.9 Å². The first-order valence-corrected chi connectivity index (χ1v) is 12.9. The number of carbonyl (C=O) groups excluding carboxylic acids is 4. The van der Waals surface area contributed by atoms with E-state index in [1.165, 1.54) is 6.92 Å². The zero-order valence-corrected chi connectivity index (χ0v) is 22.7. The van der Waals surface area contributed by atoms with E-state index in [9.17, 15) is 19.2 Å². The number of ether oxygens (including phenoxy) is 2. The molecule has 0 radical (unpaired) electrons. The molecule has 2 amide bonds. The predicted molar refractivity (Wildman–Crippen MR) is 150 cm³/mol. The van der Waals surface area contributed by atoms with Crippen LogP contribution in [-0.4, -0.2) is 30.2 Å². The van der Waals surface area contributed by atoms with Crippen LogP contribution in [0.25, 0.3) is 0 Å². The first-order valence-electron chi connectivity index (χ1n) is 12.9. The highest BCUT2D eigenvalue weighted by Crippen LogP contribution is 2.32. The summed E-state index contributed by atoms with van der Waals surface area (Å²) < 4.78 is 11.1. The van der Waals surface area contributed by atoms with Crippen molar-refractivity contribution in [2.24, 2.45) is 0 Å². The average molecular weight is 531 g/mol. The van der Waals surface area contributed by atoms with E-state index in [-0.39, 0.29) is 31.0 Å². The van der Waals surface area contributed by atoms with Crippen molar-refractivity contribution < 1.29 is 28.7 Å². The van der Waals surface area contributed by atoms with Gasteiger partial charge in [0.2, 0.25) is 5.91 Å². The Balaban J connectivity index is 1.37. The minimum Gasteiger partial charge on any atom is -0.457 e. The number of esters is 1. The summed E-state index contributed by atoms with van der Waals surface area (Å²) >= 11 is 0. The highest BCUT2D eigenvalue weighted by Gasteiger charge is 2.12. The van der Waals surface area contributed by atoms with Crippen molar-refractivity contribution >= 4 is 34.9 Å². The molecule has 2 N–H and O–H groups in total. The molecule has 0 fully saturated rings. The maximum atomic E-state index is 12.3. The summed E-state index contributed by atoms with van der Waals surface area (Å²) in [7, 11) is 0. The fourth-order valence-corrected chi connectivity index (χ4v) is 3.76. The van der Waals surface area contributed by atoms with Crippen LogP contribution in [-0.2, 0) is 19.1 Å². The Kier molecular flexibility index (Phi) is 10.4. The lowest BCUT2D eigenvalue weighted by molar-refractivity contribution is -0.147. The Bertz CT molecular complexity index is 1310. The number of ketones is 1. The summed E-state index contributed by atoms with van der Waals surface area (Å²) in [5.41, 5.74) is 3.89. The molecule has 8 nitrogen and oxygen atoms in total. The third-order valence-corrected chi connectivity index (χ3v) is 5.88. The highest BCUT2D eigenvalue weighted by molar-refractivity contribution is 5.96. The fraction of sp³-hybridized carbons (Fsp3) is 0.290. The van der Waals surface area contributed by atoms with Gasteiger partial charge < -0.3 is 20.1 Å². The van der Waals surface area contributed by atoms with Gasteiger partial charge in [-0.3, -0.25) is 19.2 Å². The molecule has 39 heavy (non-hydrogen) atoms. The van der Waals surface area contributed by atoms with Crippen molar-refractivity contribution in [2.45, 2.75) is 52.9 Å². The summed E-state index contributed by atoms with van der Waals surface area (Å²) in [4.78, 5) is 47.5. The second-order valence-corrected chi connectivity index (χ2v) is 9.57. The first kappa shape index (κ1) is 29.1. The normalized spacial score (nSPS) is 10.6. The molecule has 0 aromatic heterocycles. The van der Waals surface area contributed by atoms with Crippen LogP contribution in [0.3, 0.4) is 0 Å². The molecule has 3 aromatic carbocycles. The van der Waals surface area contributed by atoms with Gasteiger partial charge in [-0.1, -0.05) is 26.0 Å². The van der Waals surface area contributed by atoms with Gasteiger partial charge in [0.05, 0.1) is 0 Å². The summed E-state index contributed by atoms with van der Waals surface area (Å²) in [6.07, 6.45) is 0.421.